The highest BCUT2D eigenvalue weighted by molar-refractivity contribution is 7.14. The van der Waals surface area contributed by atoms with Gasteiger partial charge < -0.3 is 14.6 Å². The first-order valence-electron chi connectivity index (χ1n) is 9.91. The molecule has 5 nitrogen and oxygen atoms in total. The van der Waals surface area contributed by atoms with Gasteiger partial charge in [-0.25, -0.2) is 0 Å². The van der Waals surface area contributed by atoms with E-state index in [1.165, 1.54) is 23.3 Å². The summed E-state index contributed by atoms with van der Waals surface area (Å²) in [5.74, 6) is 0.989. The van der Waals surface area contributed by atoms with Crippen LogP contribution in [-0.4, -0.2) is 29.8 Å². The summed E-state index contributed by atoms with van der Waals surface area (Å²) in [6, 6.07) is 5.72. The van der Waals surface area contributed by atoms with E-state index >= 15 is 0 Å². The van der Waals surface area contributed by atoms with Crippen molar-refractivity contribution in [1.82, 2.24) is 10.2 Å². The van der Waals surface area contributed by atoms with Crippen LogP contribution in [0.2, 0.25) is 0 Å². The molecule has 27 heavy (non-hydrogen) atoms. The summed E-state index contributed by atoms with van der Waals surface area (Å²) in [6.45, 7) is 2.18. The Hall–Kier alpha value is -2.08. The molecule has 0 unspecified atom stereocenters. The van der Waals surface area contributed by atoms with Crippen molar-refractivity contribution >= 4 is 23.2 Å². The maximum atomic E-state index is 12.9. The van der Waals surface area contributed by atoms with Crippen molar-refractivity contribution in [3.63, 3.8) is 0 Å². The van der Waals surface area contributed by atoms with E-state index in [-0.39, 0.29) is 17.7 Å². The highest BCUT2D eigenvalue weighted by Gasteiger charge is 2.28. The molecule has 2 aromatic rings. The minimum Gasteiger partial charge on any atom is -0.467 e. The van der Waals surface area contributed by atoms with E-state index < -0.39 is 0 Å². The average Bonchev–Trinajstić information content (AvgIpc) is 3.28. The molecule has 0 aromatic carbocycles. The fourth-order valence-corrected chi connectivity index (χ4v) is 5.19. The lowest BCUT2D eigenvalue weighted by Gasteiger charge is -2.21. The van der Waals surface area contributed by atoms with Crippen molar-refractivity contribution in [3.8, 4) is 0 Å². The molecular formula is C21H26N2O3S. The quantitative estimate of drug-likeness (QED) is 0.870. The lowest BCUT2D eigenvalue weighted by atomic mass is 9.87. The summed E-state index contributed by atoms with van der Waals surface area (Å²) in [6.07, 6.45) is 8.72. The van der Waals surface area contributed by atoms with Crippen LogP contribution in [0.25, 0.3) is 0 Å². The Morgan fingerprint density at radius 1 is 1.22 bits per heavy atom. The number of aryl methyl sites for hydroxylation is 1. The Bertz CT molecular complexity index is 788. The van der Waals surface area contributed by atoms with E-state index in [1.54, 1.807) is 17.6 Å². The Kier molecular flexibility index (Phi) is 5.62. The van der Waals surface area contributed by atoms with Crippen LogP contribution in [0.3, 0.4) is 0 Å². The summed E-state index contributed by atoms with van der Waals surface area (Å²) in [7, 11) is 0. The lowest BCUT2D eigenvalue weighted by molar-refractivity contribution is -0.125. The zero-order chi connectivity index (χ0) is 18.6. The Morgan fingerprint density at radius 3 is 2.78 bits per heavy atom. The first-order chi connectivity index (χ1) is 13.2. The monoisotopic (exact) mass is 386 g/mol. The molecular weight excluding hydrogens is 360 g/mol. The second-order valence-electron chi connectivity index (χ2n) is 7.50. The van der Waals surface area contributed by atoms with Gasteiger partial charge in [-0.1, -0.05) is 12.8 Å². The number of amides is 2. The normalized spacial score (nSPS) is 20.0. The average molecular weight is 387 g/mol. The van der Waals surface area contributed by atoms with Crippen LogP contribution >= 0.6 is 11.3 Å². The molecule has 144 valence electrons. The van der Waals surface area contributed by atoms with Crippen molar-refractivity contribution in [2.75, 3.05) is 13.1 Å². The summed E-state index contributed by atoms with van der Waals surface area (Å²) in [5.41, 5.74) is 1.18. The molecule has 1 aliphatic heterocycles. The summed E-state index contributed by atoms with van der Waals surface area (Å²) < 4.78 is 5.27. The summed E-state index contributed by atoms with van der Waals surface area (Å²) in [5, 5.41) is 2.97. The molecule has 1 atom stereocenters. The predicted molar refractivity (Wildman–Crippen MR) is 105 cm³/mol. The van der Waals surface area contributed by atoms with Gasteiger partial charge in [-0.05, 0) is 55.9 Å². The van der Waals surface area contributed by atoms with Crippen molar-refractivity contribution in [2.45, 2.75) is 51.5 Å². The minimum atomic E-state index is -0.0248. The van der Waals surface area contributed by atoms with Gasteiger partial charge in [0.1, 0.15) is 5.76 Å². The minimum absolute atomic E-state index is 0.0248. The summed E-state index contributed by atoms with van der Waals surface area (Å²) in [4.78, 5) is 29.5. The van der Waals surface area contributed by atoms with Crippen LogP contribution in [0.5, 0.6) is 0 Å². The van der Waals surface area contributed by atoms with Crippen LogP contribution in [-0.2, 0) is 24.2 Å². The highest BCUT2D eigenvalue weighted by atomic mass is 32.1. The molecule has 1 aliphatic carbocycles. The topological polar surface area (TPSA) is 62.6 Å². The van der Waals surface area contributed by atoms with E-state index in [0.29, 0.717) is 6.54 Å². The van der Waals surface area contributed by atoms with Gasteiger partial charge in [0.2, 0.25) is 5.91 Å². The number of rotatable bonds is 4. The predicted octanol–water partition coefficient (Wildman–Crippen LogP) is 3.78. The lowest BCUT2D eigenvalue weighted by Crippen LogP contribution is -2.33. The van der Waals surface area contributed by atoms with Crippen LogP contribution in [0.1, 0.15) is 58.0 Å². The van der Waals surface area contributed by atoms with Crippen molar-refractivity contribution in [1.29, 1.82) is 0 Å². The smallest absolute Gasteiger partial charge is 0.263 e. The first kappa shape index (κ1) is 18.3. The van der Waals surface area contributed by atoms with Crippen LogP contribution in [0, 0.1) is 5.92 Å². The van der Waals surface area contributed by atoms with Gasteiger partial charge in [-0.3, -0.25) is 9.59 Å². The molecule has 0 bridgehead atoms. The van der Waals surface area contributed by atoms with Crippen molar-refractivity contribution in [2.24, 2.45) is 5.92 Å². The van der Waals surface area contributed by atoms with Gasteiger partial charge in [-0.2, -0.15) is 0 Å². The zero-order valence-corrected chi connectivity index (χ0v) is 16.4. The third kappa shape index (κ3) is 4.26. The number of fused-ring (bicyclic) bond motifs is 1. The van der Waals surface area contributed by atoms with Gasteiger partial charge in [-0.15, -0.1) is 11.3 Å². The van der Waals surface area contributed by atoms with Crippen LogP contribution in [0.15, 0.2) is 28.9 Å². The highest BCUT2D eigenvalue weighted by Crippen LogP contribution is 2.33. The molecule has 2 aromatic heterocycles. The molecule has 6 heteroatoms. The number of nitrogens with one attached hydrogen (secondary N) is 1. The number of carbonyl (C=O) groups excluding carboxylic acids is 2. The standard InChI is InChI=1S/C21H26N2O3S/c24-20(22-14-17-6-5-11-26-17)15-7-8-18-16(12-15)13-19(27-18)21(25)23-9-3-1-2-4-10-23/h5-6,11,13,15H,1-4,7-10,12,14H2,(H,22,24)/t15-/m0/s1. The number of thiophene rings is 1. The molecule has 2 aliphatic rings. The second kappa shape index (κ2) is 8.30. The molecule has 1 fully saturated rings. The van der Waals surface area contributed by atoms with E-state index in [4.69, 9.17) is 4.42 Å². The maximum absolute atomic E-state index is 12.9. The Morgan fingerprint density at radius 2 is 2.04 bits per heavy atom. The molecule has 0 saturated carbocycles. The number of furan rings is 1. The maximum Gasteiger partial charge on any atom is 0.263 e. The first-order valence-corrected chi connectivity index (χ1v) is 10.7. The third-order valence-corrected chi connectivity index (χ3v) is 6.80. The fourth-order valence-electron chi connectivity index (χ4n) is 4.01. The Labute approximate surface area is 163 Å². The van der Waals surface area contributed by atoms with E-state index in [0.717, 1.165) is 55.8 Å². The molecule has 1 saturated heterocycles. The Balaban J connectivity index is 1.38. The van der Waals surface area contributed by atoms with Gasteiger partial charge >= 0.3 is 0 Å². The van der Waals surface area contributed by atoms with E-state index in [2.05, 4.69) is 5.32 Å². The molecule has 1 N–H and O–H groups in total. The van der Waals surface area contributed by atoms with E-state index in [1.807, 2.05) is 23.1 Å². The van der Waals surface area contributed by atoms with Crippen molar-refractivity contribution in [3.05, 3.63) is 45.5 Å². The van der Waals surface area contributed by atoms with Gasteiger partial charge in [0.05, 0.1) is 17.7 Å². The van der Waals surface area contributed by atoms with Crippen LogP contribution < -0.4 is 5.32 Å². The molecule has 2 amide bonds. The molecule has 0 spiro atoms. The number of carbonyl (C=O) groups is 2. The van der Waals surface area contributed by atoms with Gasteiger partial charge in [0.15, 0.2) is 0 Å². The summed E-state index contributed by atoms with van der Waals surface area (Å²) >= 11 is 1.63. The van der Waals surface area contributed by atoms with Gasteiger partial charge in [0.25, 0.3) is 5.91 Å². The number of nitrogens with zero attached hydrogens (tertiary/aromatic N) is 1. The zero-order valence-electron chi connectivity index (χ0n) is 15.5. The second-order valence-corrected chi connectivity index (χ2v) is 8.64. The number of hydrogen-bond donors (Lipinski definition) is 1. The SMILES string of the molecule is O=C(NCc1ccco1)[C@H]1CCc2sc(C(=O)N3CCCCCC3)cc2C1. The van der Waals surface area contributed by atoms with E-state index in [9.17, 15) is 9.59 Å². The van der Waals surface area contributed by atoms with Gasteiger partial charge in [0, 0.05) is 23.9 Å². The van der Waals surface area contributed by atoms with Crippen molar-refractivity contribution < 1.29 is 14.0 Å². The largest absolute Gasteiger partial charge is 0.467 e. The third-order valence-electron chi connectivity index (χ3n) is 5.57. The molecule has 0 radical (unpaired) electrons. The molecule has 3 heterocycles. The molecule has 4 rings (SSSR count). The van der Waals surface area contributed by atoms with Crippen LogP contribution in [0.4, 0.5) is 0 Å². The number of likely N-dealkylation sites (tertiary alicyclic amines) is 1. The number of hydrogen-bond acceptors (Lipinski definition) is 4. The fraction of sp³-hybridized carbons (Fsp3) is 0.524.